The predicted molar refractivity (Wildman–Crippen MR) is 53.6 cm³/mol. The minimum absolute atomic E-state index is 0.0578. The van der Waals surface area contributed by atoms with Gasteiger partial charge < -0.3 is 10.6 Å². The molecule has 1 aliphatic rings. The summed E-state index contributed by atoms with van der Waals surface area (Å²) in [5.74, 6) is 0.700. The molecule has 12 heavy (non-hydrogen) atoms. The molecule has 0 bridgehead atoms. The summed E-state index contributed by atoms with van der Waals surface area (Å²) in [5, 5.41) is 6.27. The topological polar surface area (TPSA) is 61.4 Å². The van der Waals surface area contributed by atoms with Gasteiger partial charge in [0.1, 0.15) is 5.75 Å². The van der Waals surface area contributed by atoms with Crippen molar-refractivity contribution >= 4 is 27.5 Å². The van der Waals surface area contributed by atoms with Crippen molar-refractivity contribution in [3.8, 4) is 0 Å². The molecule has 1 fully saturated rings. The summed E-state index contributed by atoms with van der Waals surface area (Å²) >= 11 is 4.87. The zero-order chi connectivity index (χ0) is 9.19. The van der Waals surface area contributed by atoms with E-state index in [2.05, 4.69) is 10.6 Å². The molecule has 0 radical (unpaired) electrons. The van der Waals surface area contributed by atoms with Crippen molar-refractivity contribution < 1.29 is 8.76 Å². The molecular weight excluding hydrogens is 196 g/mol. The maximum absolute atomic E-state index is 11.1. The van der Waals surface area contributed by atoms with E-state index in [0.29, 0.717) is 16.6 Å². The van der Waals surface area contributed by atoms with Gasteiger partial charge in [-0.15, -0.1) is 0 Å². The van der Waals surface area contributed by atoms with E-state index < -0.39 is 10.2 Å². The van der Waals surface area contributed by atoms with Gasteiger partial charge in [0.2, 0.25) is 10.2 Å². The fraction of sp³-hybridized carbons (Fsp3) is 0.833. The van der Waals surface area contributed by atoms with E-state index in [1.165, 1.54) is 0 Å². The van der Waals surface area contributed by atoms with Crippen LogP contribution in [0.15, 0.2) is 0 Å². The molecule has 1 heterocycles. The third-order valence-electron chi connectivity index (χ3n) is 1.81. The van der Waals surface area contributed by atoms with Crippen molar-refractivity contribution in [2.75, 3.05) is 18.6 Å². The largest absolute Gasteiger partial charge is 0.366 e. The first-order valence-electron chi connectivity index (χ1n) is 3.74. The molecule has 0 aromatic heterocycles. The van der Waals surface area contributed by atoms with Crippen molar-refractivity contribution in [1.29, 1.82) is 0 Å². The van der Waals surface area contributed by atoms with Crippen LogP contribution in [-0.2, 0) is 14.4 Å². The van der Waals surface area contributed by atoms with E-state index in [4.69, 9.17) is 12.2 Å². The first-order chi connectivity index (χ1) is 5.53. The summed E-state index contributed by atoms with van der Waals surface area (Å²) in [6.07, 6.45) is 0.719. The molecule has 0 aliphatic carbocycles. The van der Waals surface area contributed by atoms with E-state index >= 15 is 0 Å². The Morgan fingerprint density at radius 3 is 2.83 bits per heavy atom. The minimum Gasteiger partial charge on any atom is -0.366 e. The van der Waals surface area contributed by atoms with Crippen LogP contribution >= 0.6 is 12.2 Å². The lowest BCUT2D eigenvalue weighted by Gasteiger charge is -2.10. The Hall–Kier alpha value is -0.200. The Morgan fingerprint density at radius 2 is 2.42 bits per heavy atom. The maximum Gasteiger partial charge on any atom is 0.216 e. The highest BCUT2D eigenvalue weighted by Crippen LogP contribution is 2.16. The first-order valence-corrected chi connectivity index (χ1v) is 6.00. The van der Waals surface area contributed by atoms with Crippen LogP contribution in [0, 0.1) is 0 Å². The third kappa shape index (κ3) is 2.69. The van der Waals surface area contributed by atoms with Crippen LogP contribution < -0.4 is 10.6 Å². The molecule has 0 saturated carbocycles. The highest BCUT2D eigenvalue weighted by molar-refractivity contribution is 7.98. The summed E-state index contributed by atoms with van der Waals surface area (Å²) in [7, 11) is -0.826. The average molecular weight is 209 g/mol. The van der Waals surface area contributed by atoms with Gasteiger partial charge in [0, 0.05) is 13.5 Å². The SMILES string of the molecule is CNC(=S)N[C@H]1CC[S+](=O)(O)C1. The summed E-state index contributed by atoms with van der Waals surface area (Å²) in [4.78, 5) is 0. The van der Waals surface area contributed by atoms with Gasteiger partial charge in [-0.25, -0.2) is 0 Å². The lowest BCUT2D eigenvalue weighted by atomic mass is 10.3. The van der Waals surface area contributed by atoms with Crippen LogP contribution in [-0.4, -0.2) is 34.3 Å². The molecular formula is C6H13N2O2S2+. The van der Waals surface area contributed by atoms with Gasteiger partial charge in [0.15, 0.2) is 10.9 Å². The normalized spacial score (nSPS) is 34.7. The van der Waals surface area contributed by atoms with Gasteiger partial charge in [0.25, 0.3) is 0 Å². The van der Waals surface area contributed by atoms with Crippen LogP contribution in [0.4, 0.5) is 0 Å². The molecule has 4 nitrogen and oxygen atoms in total. The zero-order valence-corrected chi connectivity index (χ0v) is 8.50. The quantitative estimate of drug-likeness (QED) is 0.413. The summed E-state index contributed by atoms with van der Waals surface area (Å²) in [6, 6.07) is 0.0578. The highest BCUT2D eigenvalue weighted by atomic mass is 32.3. The van der Waals surface area contributed by atoms with Crippen LogP contribution in [0.3, 0.4) is 0 Å². The van der Waals surface area contributed by atoms with Gasteiger partial charge in [0.05, 0.1) is 6.04 Å². The fourth-order valence-corrected chi connectivity index (χ4v) is 3.04. The summed E-state index contributed by atoms with van der Waals surface area (Å²) in [5.41, 5.74) is 0. The zero-order valence-electron chi connectivity index (χ0n) is 6.87. The van der Waals surface area contributed by atoms with E-state index in [9.17, 15) is 8.76 Å². The Labute approximate surface area is 78.4 Å². The van der Waals surface area contributed by atoms with Crippen molar-refractivity contribution in [1.82, 2.24) is 10.6 Å². The Kier molecular flexibility index (Phi) is 3.03. The van der Waals surface area contributed by atoms with E-state index in [0.717, 1.165) is 6.42 Å². The molecule has 3 N–H and O–H groups in total. The third-order valence-corrected chi connectivity index (χ3v) is 3.93. The second kappa shape index (κ2) is 3.68. The number of nitrogens with one attached hydrogen (secondary N) is 2. The molecule has 0 spiro atoms. The van der Waals surface area contributed by atoms with E-state index in [1.807, 2.05) is 0 Å². The summed E-state index contributed by atoms with van der Waals surface area (Å²) < 4.78 is 20.3. The Balaban J connectivity index is 2.38. The van der Waals surface area contributed by atoms with E-state index in [-0.39, 0.29) is 6.04 Å². The smallest absolute Gasteiger partial charge is 0.216 e. The highest BCUT2D eigenvalue weighted by Gasteiger charge is 2.38. The van der Waals surface area contributed by atoms with Crippen molar-refractivity contribution in [3.63, 3.8) is 0 Å². The monoisotopic (exact) mass is 209 g/mol. The molecule has 1 rings (SSSR count). The number of rotatable bonds is 1. The lowest BCUT2D eigenvalue weighted by Crippen LogP contribution is -2.41. The maximum atomic E-state index is 11.1. The van der Waals surface area contributed by atoms with Gasteiger partial charge in [-0.05, 0) is 12.2 Å². The summed E-state index contributed by atoms with van der Waals surface area (Å²) in [6.45, 7) is 0. The molecule has 1 unspecified atom stereocenters. The standard InChI is InChI=1S/C6H12N2O2S2/c1-7-6(11)8-5-2-3-12(9,10)4-5/h5H,2-4H2,1H3,(H2-,7,8,9,10,11)/p+1/t5-/m0/s1. The molecule has 0 amide bonds. The van der Waals surface area contributed by atoms with Crippen LogP contribution in [0.1, 0.15) is 6.42 Å². The first kappa shape index (κ1) is 9.88. The second-order valence-corrected chi connectivity index (χ2v) is 5.55. The molecule has 1 saturated heterocycles. The fourth-order valence-electron chi connectivity index (χ4n) is 1.18. The number of hydrogen-bond acceptors (Lipinski definition) is 2. The van der Waals surface area contributed by atoms with Gasteiger partial charge in [-0.3, -0.25) is 0 Å². The van der Waals surface area contributed by atoms with Crippen molar-refractivity contribution in [2.24, 2.45) is 0 Å². The van der Waals surface area contributed by atoms with Crippen LogP contribution in [0.5, 0.6) is 0 Å². The Morgan fingerprint density at radius 1 is 1.75 bits per heavy atom. The molecule has 70 valence electrons. The lowest BCUT2D eigenvalue weighted by molar-refractivity contribution is 0.502. The number of hydrogen-bond donors (Lipinski definition) is 3. The minimum atomic E-state index is -2.55. The second-order valence-electron chi connectivity index (χ2n) is 2.85. The van der Waals surface area contributed by atoms with Gasteiger partial charge >= 0.3 is 0 Å². The molecule has 2 atom stereocenters. The molecule has 6 heteroatoms. The van der Waals surface area contributed by atoms with Crippen molar-refractivity contribution in [3.05, 3.63) is 0 Å². The van der Waals surface area contributed by atoms with Crippen LogP contribution in [0.25, 0.3) is 0 Å². The predicted octanol–water partition coefficient (Wildman–Crippen LogP) is -0.175. The van der Waals surface area contributed by atoms with Gasteiger partial charge in [-0.1, -0.05) is 4.21 Å². The molecule has 0 aromatic rings. The van der Waals surface area contributed by atoms with Crippen LogP contribution in [0.2, 0.25) is 0 Å². The van der Waals surface area contributed by atoms with Crippen molar-refractivity contribution in [2.45, 2.75) is 12.5 Å². The molecule has 0 aromatic carbocycles. The molecule has 1 aliphatic heterocycles. The Bertz CT molecular complexity index is 232. The average Bonchev–Trinajstić information content (AvgIpc) is 2.30. The van der Waals surface area contributed by atoms with Gasteiger partial charge in [-0.2, -0.15) is 4.55 Å². The number of thiocarbonyl (C=S) groups is 1. The van der Waals surface area contributed by atoms with E-state index in [1.54, 1.807) is 7.05 Å².